The van der Waals surface area contributed by atoms with E-state index >= 15 is 0 Å². The van der Waals surface area contributed by atoms with Crippen LogP contribution in [0.4, 0.5) is 0 Å². The molecule has 0 bridgehead atoms. The second-order valence-corrected chi connectivity index (χ2v) is 11.8. The molecule has 2 aromatic rings. The van der Waals surface area contributed by atoms with Gasteiger partial charge >= 0.3 is 0 Å². The molecule has 0 aliphatic carbocycles. The fourth-order valence-corrected chi connectivity index (χ4v) is 5.95. The normalized spacial score (nSPS) is 16.2. The molecule has 0 saturated carbocycles. The fourth-order valence-electron chi connectivity index (χ4n) is 4.29. The Bertz CT molecular complexity index is 1070. The molecule has 198 valence electrons. The summed E-state index contributed by atoms with van der Waals surface area (Å²) >= 11 is 0. The maximum Gasteiger partial charge on any atom is 0.265 e. The van der Waals surface area contributed by atoms with Gasteiger partial charge in [-0.1, -0.05) is 31.9 Å². The number of amides is 1. The number of hydrogen-bond acceptors (Lipinski definition) is 7. The van der Waals surface area contributed by atoms with Gasteiger partial charge in [-0.3, -0.25) is 14.9 Å². The lowest BCUT2D eigenvalue weighted by atomic mass is 9.99. The predicted molar refractivity (Wildman–Crippen MR) is 138 cm³/mol. The van der Waals surface area contributed by atoms with Crippen molar-refractivity contribution < 1.29 is 27.9 Å². The third-order valence-corrected chi connectivity index (χ3v) is 9.07. The first kappa shape index (κ1) is 28.0. The van der Waals surface area contributed by atoms with E-state index in [-0.39, 0.29) is 11.3 Å². The van der Waals surface area contributed by atoms with Gasteiger partial charge in [-0.15, -0.1) is 0 Å². The Kier molecular flexibility index (Phi) is 10.2. The molecule has 0 spiro atoms. The highest BCUT2D eigenvalue weighted by atomic mass is 32.2. The zero-order chi connectivity index (χ0) is 26.0. The number of unbranched alkanes of at least 4 members (excludes halogenated alkanes) is 1. The predicted octanol–water partition coefficient (Wildman–Crippen LogP) is 4.01. The Morgan fingerprint density at radius 1 is 0.972 bits per heavy atom. The van der Waals surface area contributed by atoms with Gasteiger partial charge in [0.15, 0.2) is 14.6 Å². The molecule has 1 aliphatic rings. The van der Waals surface area contributed by atoms with Crippen molar-refractivity contribution in [3.63, 3.8) is 0 Å². The first-order valence-corrected chi connectivity index (χ1v) is 14.1. The Balaban J connectivity index is 1.69. The molecule has 1 aliphatic heterocycles. The maximum absolute atomic E-state index is 13.5. The first-order valence-electron chi connectivity index (χ1n) is 12.7. The van der Waals surface area contributed by atoms with Gasteiger partial charge in [-0.2, -0.15) is 0 Å². The largest absolute Gasteiger partial charge is 0.494 e. The lowest BCUT2D eigenvalue weighted by Crippen LogP contribution is -2.51. The molecule has 1 saturated heterocycles. The number of rotatable bonds is 13. The average Bonchev–Trinajstić information content (AvgIpc) is 2.90. The van der Waals surface area contributed by atoms with Gasteiger partial charge in [0, 0.05) is 13.0 Å². The molecule has 9 heteroatoms. The van der Waals surface area contributed by atoms with Crippen molar-refractivity contribution in [3.8, 4) is 11.5 Å². The van der Waals surface area contributed by atoms with Gasteiger partial charge in [-0.05, 0) is 81.2 Å². The summed E-state index contributed by atoms with van der Waals surface area (Å²) in [7, 11) is -4.15. The van der Waals surface area contributed by atoms with Crippen LogP contribution >= 0.6 is 0 Å². The third kappa shape index (κ3) is 6.99. The van der Waals surface area contributed by atoms with Crippen LogP contribution in [0, 0.1) is 0 Å². The first-order chi connectivity index (χ1) is 17.3. The van der Waals surface area contributed by atoms with Crippen LogP contribution in [0.15, 0.2) is 53.4 Å². The molecule has 0 radical (unpaired) electrons. The van der Waals surface area contributed by atoms with Gasteiger partial charge < -0.3 is 9.47 Å². The number of hydroxylamine groups is 1. The second-order valence-electron chi connectivity index (χ2n) is 9.42. The molecular formula is C27H38N2O6S. The minimum Gasteiger partial charge on any atom is -0.494 e. The highest BCUT2D eigenvalue weighted by Crippen LogP contribution is 2.31. The van der Waals surface area contributed by atoms with Crippen molar-refractivity contribution >= 4 is 15.7 Å². The number of ether oxygens (including phenoxy) is 2. The molecule has 0 aromatic heterocycles. The van der Waals surface area contributed by atoms with E-state index in [9.17, 15) is 18.4 Å². The number of carbonyl (C=O) groups is 1. The van der Waals surface area contributed by atoms with Crippen LogP contribution < -0.4 is 15.0 Å². The quantitative estimate of drug-likeness (QED) is 0.234. The van der Waals surface area contributed by atoms with Crippen LogP contribution in [0.5, 0.6) is 11.5 Å². The molecular weight excluding hydrogens is 480 g/mol. The summed E-state index contributed by atoms with van der Waals surface area (Å²) in [4.78, 5) is 15.0. The summed E-state index contributed by atoms with van der Waals surface area (Å²) in [5, 5.41) is 9.36. The molecule has 1 atom stereocenters. The van der Waals surface area contributed by atoms with Crippen molar-refractivity contribution in [1.29, 1.82) is 0 Å². The molecule has 8 nitrogen and oxygen atoms in total. The number of likely N-dealkylation sites (tertiary alicyclic amines) is 1. The zero-order valence-electron chi connectivity index (χ0n) is 21.2. The lowest BCUT2D eigenvalue weighted by molar-refractivity contribution is -0.131. The van der Waals surface area contributed by atoms with E-state index in [2.05, 4.69) is 11.8 Å². The molecule has 2 N–H and O–H groups in total. The number of benzene rings is 2. The van der Waals surface area contributed by atoms with Crippen molar-refractivity contribution in [3.05, 3.63) is 54.1 Å². The second kappa shape index (κ2) is 13.1. The van der Waals surface area contributed by atoms with E-state index in [1.165, 1.54) is 38.3 Å². The number of sulfone groups is 1. The molecule has 2 aromatic carbocycles. The Morgan fingerprint density at radius 3 is 2.14 bits per heavy atom. The van der Waals surface area contributed by atoms with Gasteiger partial charge in [0.25, 0.3) is 5.91 Å². The summed E-state index contributed by atoms with van der Waals surface area (Å²) in [5.41, 5.74) is 2.18. The van der Waals surface area contributed by atoms with Crippen molar-refractivity contribution in [2.24, 2.45) is 0 Å². The summed E-state index contributed by atoms with van der Waals surface area (Å²) in [6.07, 6.45) is 5.53. The monoisotopic (exact) mass is 518 g/mol. The van der Waals surface area contributed by atoms with E-state index in [1.807, 2.05) is 0 Å². The van der Waals surface area contributed by atoms with Crippen LogP contribution in [0.3, 0.4) is 0 Å². The van der Waals surface area contributed by atoms with Gasteiger partial charge in [-0.25, -0.2) is 13.9 Å². The summed E-state index contributed by atoms with van der Waals surface area (Å²) in [5.74, 6) is 0.254. The zero-order valence-corrected chi connectivity index (χ0v) is 22.1. The number of hydrogen-bond donors (Lipinski definition) is 2. The highest BCUT2D eigenvalue weighted by molar-refractivity contribution is 7.93. The van der Waals surface area contributed by atoms with Crippen LogP contribution in [-0.2, 0) is 21.1 Å². The molecule has 1 amide bonds. The van der Waals surface area contributed by atoms with E-state index < -0.39 is 20.5 Å². The average molecular weight is 519 g/mol. The molecule has 36 heavy (non-hydrogen) atoms. The standard InChI is InChI=1S/C27H38N2O6S/c1-3-4-19-34-24-12-14-25(15-13-24)36(32,33)27(2,26(30)28-31)21-22-8-10-23(11-9-22)35-20-18-29-16-6-5-7-17-29/h8-15,31H,3-7,16-21H2,1-2H3,(H,28,30)/t27-/m0/s1. The summed E-state index contributed by atoms with van der Waals surface area (Å²) in [6, 6.07) is 13.1. The van der Waals surface area contributed by atoms with E-state index in [0.717, 1.165) is 32.5 Å². The van der Waals surface area contributed by atoms with Crippen LogP contribution in [0.1, 0.15) is 51.5 Å². The van der Waals surface area contributed by atoms with Crippen molar-refractivity contribution in [2.45, 2.75) is 62.0 Å². The third-order valence-electron chi connectivity index (χ3n) is 6.67. The van der Waals surface area contributed by atoms with Crippen molar-refractivity contribution in [1.82, 2.24) is 10.4 Å². The van der Waals surface area contributed by atoms with E-state index in [4.69, 9.17) is 9.47 Å². The Morgan fingerprint density at radius 2 is 1.56 bits per heavy atom. The maximum atomic E-state index is 13.5. The topological polar surface area (TPSA) is 105 Å². The molecule has 3 rings (SSSR count). The van der Waals surface area contributed by atoms with Crippen molar-refractivity contribution in [2.75, 3.05) is 32.8 Å². The van der Waals surface area contributed by atoms with Crippen LogP contribution in [0.25, 0.3) is 0 Å². The molecule has 1 fully saturated rings. The number of piperidine rings is 1. The molecule has 1 heterocycles. The number of nitrogens with zero attached hydrogens (tertiary/aromatic N) is 1. The summed E-state index contributed by atoms with van der Waals surface area (Å²) < 4.78 is 36.6. The fraction of sp³-hybridized carbons (Fsp3) is 0.519. The van der Waals surface area contributed by atoms with Gasteiger partial charge in [0.1, 0.15) is 18.1 Å². The number of nitrogens with one attached hydrogen (secondary N) is 1. The smallest absolute Gasteiger partial charge is 0.265 e. The van der Waals surface area contributed by atoms with E-state index in [0.29, 0.717) is 30.3 Å². The highest BCUT2D eigenvalue weighted by Gasteiger charge is 2.47. The molecule has 0 unspecified atom stereocenters. The number of carbonyl (C=O) groups excluding carboxylic acids is 1. The van der Waals surface area contributed by atoms with Crippen LogP contribution in [-0.4, -0.2) is 62.0 Å². The summed E-state index contributed by atoms with van der Waals surface area (Å²) in [6.45, 7) is 7.60. The SMILES string of the molecule is CCCCOc1ccc(S(=O)(=O)[C@@](C)(Cc2ccc(OCCN3CCCCC3)cc2)C(=O)NO)cc1. The van der Waals surface area contributed by atoms with Gasteiger partial charge in [0.2, 0.25) is 0 Å². The minimum atomic E-state index is -4.15. The van der Waals surface area contributed by atoms with E-state index in [1.54, 1.807) is 41.9 Å². The minimum absolute atomic E-state index is 0.0193. The lowest BCUT2D eigenvalue weighted by Gasteiger charge is -2.27. The Labute approximate surface area is 214 Å². The Hall–Kier alpha value is -2.62. The van der Waals surface area contributed by atoms with Crippen LogP contribution in [0.2, 0.25) is 0 Å². The van der Waals surface area contributed by atoms with Gasteiger partial charge in [0.05, 0.1) is 11.5 Å².